The molecule has 24 heavy (non-hydrogen) atoms. The van der Waals surface area contributed by atoms with Gasteiger partial charge in [-0.3, -0.25) is 9.89 Å². The van der Waals surface area contributed by atoms with E-state index in [9.17, 15) is 4.79 Å². The van der Waals surface area contributed by atoms with Crippen molar-refractivity contribution in [3.8, 4) is 22.9 Å². The number of hydrogen-bond donors (Lipinski definition) is 2. The topological polar surface area (TPSA) is 81.2 Å². The van der Waals surface area contributed by atoms with Crippen LogP contribution in [0.1, 0.15) is 16.1 Å². The van der Waals surface area contributed by atoms with Gasteiger partial charge in [0.25, 0.3) is 5.91 Å². The van der Waals surface area contributed by atoms with Crippen LogP contribution in [-0.2, 0) is 7.05 Å². The monoisotopic (exact) mass is 324 g/mol. The van der Waals surface area contributed by atoms with Gasteiger partial charge in [0.2, 0.25) is 6.79 Å². The summed E-state index contributed by atoms with van der Waals surface area (Å²) in [5.41, 5.74) is 3.58. The van der Waals surface area contributed by atoms with Gasteiger partial charge in [-0.1, -0.05) is 0 Å². The number of nitrogens with one attached hydrogen (secondary N) is 2. The summed E-state index contributed by atoms with van der Waals surface area (Å²) in [5.74, 6) is 0.998. The van der Waals surface area contributed by atoms with Gasteiger partial charge in [-0.05, 0) is 37.3 Å². The molecular weight excluding hydrogens is 308 g/mol. The van der Waals surface area contributed by atoms with Crippen LogP contribution in [0.4, 0.5) is 5.69 Å². The fourth-order valence-corrected chi connectivity index (χ4v) is 2.70. The van der Waals surface area contributed by atoms with E-state index in [0.29, 0.717) is 28.4 Å². The number of aryl methyl sites for hydroxylation is 2. The highest BCUT2D eigenvalue weighted by Gasteiger charge is 2.20. The Balaban J connectivity index is 1.65. The van der Waals surface area contributed by atoms with Gasteiger partial charge in [-0.15, -0.1) is 0 Å². The van der Waals surface area contributed by atoms with Crippen LogP contribution >= 0.6 is 0 Å². The minimum atomic E-state index is -0.228. The number of amides is 1. The summed E-state index contributed by atoms with van der Waals surface area (Å²) in [5, 5.41) is 10.2. The number of anilines is 1. The van der Waals surface area contributed by atoms with Crippen LogP contribution in [0, 0.1) is 6.92 Å². The summed E-state index contributed by atoms with van der Waals surface area (Å²) in [6.45, 7) is 2.05. The summed E-state index contributed by atoms with van der Waals surface area (Å²) < 4.78 is 12.5. The molecule has 0 radical (unpaired) electrons. The van der Waals surface area contributed by atoms with E-state index in [4.69, 9.17) is 9.47 Å². The normalized spacial score (nSPS) is 12.4. The average molecular weight is 324 g/mol. The fraction of sp³-hybridized carbons (Fsp3) is 0.176. The van der Waals surface area contributed by atoms with E-state index in [1.807, 2.05) is 36.9 Å². The van der Waals surface area contributed by atoms with Gasteiger partial charge in [-0.25, -0.2) is 0 Å². The lowest BCUT2D eigenvalue weighted by Crippen LogP contribution is -2.13. The summed E-state index contributed by atoms with van der Waals surface area (Å²) in [4.78, 5) is 12.6. The van der Waals surface area contributed by atoms with Gasteiger partial charge < -0.3 is 19.4 Å². The molecule has 0 unspecified atom stereocenters. The Morgan fingerprint density at radius 2 is 2.12 bits per heavy atom. The van der Waals surface area contributed by atoms with E-state index < -0.39 is 0 Å². The zero-order valence-corrected chi connectivity index (χ0v) is 13.3. The quantitative estimate of drug-likeness (QED) is 0.776. The molecule has 7 nitrogen and oxygen atoms in total. The van der Waals surface area contributed by atoms with Crippen molar-refractivity contribution in [3.63, 3.8) is 0 Å². The highest BCUT2D eigenvalue weighted by Crippen LogP contribution is 2.33. The molecule has 0 saturated heterocycles. The lowest BCUT2D eigenvalue weighted by Gasteiger charge is -2.08. The van der Waals surface area contributed by atoms with Crippen LogP contribution in [0.5, 0.6) is 11.5 Å². The number of H-pyrrole nitrogens is 1. The first-order chi connectivity index (χ1) is 11.6. The van der Waals surface area contributed by atoms with Gasteiger partial charge in [0, 0.05) is 18.8 Å². The lowest BCUT2D eigenvalue weighted by molar-refractivity contribution is 0.102. The molecule has 1 amide bonds. The molecule has 1 aliphatic heterocycles. The lowest BCUT2D eigenvalue weighted by atomic mass is 10.1. The molecular formula is C17H16N4O3. The predicted molar refractivity (Wildman–Crippen MR) is 88.2 cm³/mol. The smallest absolute Gasteiger partial charge is 0.255 e. The molecule has 7 heteroatoms. The van der Waals surface area contributed by atoms with Crippen LogP contribution in [0.2, 0.25) is 0 Å². The maximum absolute atomic E-state index is 12.6. The number of carbonyl (C=O) groups excluding carboxylic acids is 1. The minimum absolute atomic E-state index is 0.179. The van der Waals surface area contributed by atoms with Gasteiger partial charge in [0.1, 0.15) is 5.69 Å². The largest absolute Gasteiger partial charge is 0.454 e. The second-order valence-electron chi connectivity index (χ2n) is 5.60. The predicted octanol–water partition coefficient (Wildman–Crippen LogP) is 2.70. The van der Waals surface area contributed by atoms with E-state index in [1.54, 1.807) is 18.2 Å². The second kappa shape index (κ2) is 5.45. The number of hydrogen-bond acceptors (Lipinski definition) is 4. The maximum Gasteiger partial charge on any atom is 0.255 e. The highest BCUT2D eigenvalue weighted by atomic mass is 16.7. The Labute approximate surface area is 138 Å². The van der Waals surface area contributed by atoms with Gasteiger partial charge in [0.05, 0.1) is 17.1 Å². The van der Waals surface area contributed by atoms with Gasteiger partial charge in [0.15, 0.2) is 11.5 Å². The van der Waals surface area contributed by atoms with Crippen molar-refractivity contribution in [2.45, 2.75) is 6.92 Å². The third-order valence-corrected chi connectivity index (χ3v) is 4.01. The highest BCUT2D eigenvalue weighted by molar-refractivity contribution is 6.06. The number of rotatable bonds is 3. The summed E-state index contributed by atoms with van der Waals surface area (Å²) in [6.07, 6.45) is 1.93. The van der Waals surface area contributed by atoms with Crippen molar-refractivity contribution in [2.24, 2.45) is 7.05 Å². The molecule has 3 heterocycles. The van der Waals surface area contributed by atoms with Crippen molar-refractivity contribution in [2.75, 3.05) is 12.1 Å². The zero-order valence-electron chi connectivity index (χ0n) is 13.3. The summed E-state index contributed by atoms with van der Waals surface area (Å²) >= 11 is 0. The van der Waals surface area contributed by atoms with Crippen molar-refractivity contribution < 1.29 is 14.3 Å². The number of fused-ring (bicyclic) bond motifs is 1. The Hall–Kier alpha value is -3.22. The van der Waals surface area contributed by atoms with Crippen molar-refractivity contribution >= 4 is 11.6 Å². The van der Waals surface area contributed by atoms with E-state index in [2.05, 4.69) is 15.5 Å². The Morgan fingerprint density at radius 1 is 1.29 bits per heavy atom. The molecule has 122 valence electrons. The third kappa shape index (κ3) is 2.30. The average Bonchev–Trinajstić information content (AvgIpc) is 3.28. The molecule has 3 aromatic rings. The molecule has 0 saturated carbocycles. The van der Waals surface area contributed by atoms with E-state index in [-0.39, 0.29) is 12.7 Å². The Morgan fingerprint density at radius 3 is 2.92 bits per heavy atom. The molecule has 4 rings (SSSR count). The van der Waals surface area contributed by atoms with E-state index in [1.165, 1.54) is 0 Å². The Bertz CT molecular complexity index is 926. The molecule has 0 fully saturated rings. The fourth-order valence-electron chi connectivity index (χ4n) is 2.70. The molecule has 0 atom stereocenters. The number of aromatic amines is 1. The molecule has 1 aromatic carbocycles. The molecule has 2 N–H and O–H groups in total. The van der Waals surface area contributed by atoms with Crippen molar-refractivity contribution in [3.05, 3.63) is 47.8 Å². The number of nitrogens with zero attached hydrogens (tertiary/aromatic N) is 2. The summed E-state index contributed by atoms with van der Waals surface area (Å²) in [6, 6.07) is 9.00. The minimum Gasteiger partial charge on any atom is -0.454 e. The number of carbonyl (C=O) groups is 1. The van der Waals surface area contributed by atoms with Gasteiger partial charge >= 0.3 is 0 Å². The van der Waals surface area contributed by atoms with E-state index in [0.717, 1.165) is 11.4 Å². The molecule has 0 spiro atoms. The number of benzene rings is 1. The Kier molecular flexibility index (Phi) is 3.26. The SMILES string of the molecule is Cc1[nH]nc(-c2cccn2C)c1NC(=O)c1ccc2c(c1)OCO2. The van der Waals surface area contributed by atoms with E-state index >= 15 is 0 Å². The molecule has 1 aliphatic rings. The molecule has 0 bridgehead atoms. The zero-order chi connectivity index (χ0) is 16.7. The molecule has 0 aliphatic carbocycles. The number of ether oxygens (including phenoxy) is 2. The first kappa shape index (κ1) is 14.4. The second-order valence-corrected chi connectivity index (χ2v) is 5.60. The van der Waals surface area contributed by atoms with Crippen LogP contribution in [0.3, 0.4) is 0 Å². The first-order valence-corrected chi connectivity index (χ1v) is 7.51. The van der Waals surface area contributed by atoms with Crippen molar-refractivity contribution in [1.29, 1.82) is 0 Å². The first-order valence-electron chi connectivity index (χ1n) is 7.51. The summed E-state index contributed by atoms with van der Waals surface area (Å²) in [7, 11) is 1.93. The number of aromatic nitrogens is 3. The van der Waals surface area contributed by atoms with Crippen LogP contribution in [0.25, 0.3) is 11.4 Å². The maximum atomic E-state index is 12.6. The van der Waals surface area contributed by atoms with Crippen LogP contribution in [0.15, 0.2) is 36.5 Å². The third-order valence-electron chi connectivity index (χ3n) is 4.01. The van der Waals surface area contributed by atoms with Crippen LogP contribution in [-0.4, -0.2) is 27.5 Å². The van der Waals surface area contributed by atoms with Crippen LogP contribution < -0.4 is 14.8 Å². The molecule has 2 aromatic heterocycles. The van der Waals surface area contributed by atoms with Gasteiger partial charge in [-0.2, -0.15) is 5.10 Å². The standard InChI is InChI=1S/C17H16N4O3/c1-10-15(16(20-19-10)12-4-3-7-21(12)2)18-17(22)11-5-6-13-14(8-11)24-9-23-13/h3-8H,9H2,1-2H3,(H,18,22)(H,19,20). The van der Waals surface area contributed by atoms with Crippen molar-refractivity contribution in [1.82, 2.24) is 14.8 Å².